The fraction of sp³-hybridized carbons (Fsp3) is 0.194. The summed E-state index contributed by atoms with van der Waals surface area (Å²) in [5, 5.41) is 1.33. The molecule has 34 heavy (non-hydrogen) atoms. The molecule has 3 aromatic carbocycles. The van der Waals surface area contributed by atoms with Crippen LogP contribution < -0.4 is 4.90 Å². The zero-order chi connectivity index (χ0) is 22.5. The molecule has 3 heterocycles. The van der Waals surface area contributed by atoms with Gasteiger partial charge in [-0.2, -0.15) is 0 Å². The molecule has 0 N–H and O–H groups in total. The summed E-state index contributed by atoms with van der Waals surface area (Å²) in [5.41, 5.74) is 9.20. The predicted molar refractivity (Wildman–Crippen MR) is 140 cm³/mol. The van der Waals surface area contributed by atoms with Gasteiger partial charge < -0.3 is 9.47 Å². The van der Waals surface area contributed by atoms with Crippen molar-refractivity contribution in [3.63, 3.8) is 0 Å². The Hall–Kier alpha value is -3.85. The van der Waals surface area contributed by atoms with Gasteiger partial charge in [-0.25, -0.2) is 0 Å². The highest BCUT2D eigenvalue weighted by molar-refractivity contribution is 5.93. The lowest BCUT2D eigenvalue weighted by Gasteiger charge is -2.33. The Balaban J connectivity index is 1.38. The second-order valence-electron chi connectivity index (χ2n) is 9.57. The third-order valence-corrected chi connectivity index (χ3v) is 7.74. The van der Waals surface area contributed by atoms with Crippen molar-refractivity contribution in [2.24, 2.45) is 0 Å². The van der Waals surface area contributed by atoms with Crippen LogP contribution in [0, 0.1) is 0 Å². The highest BCUT2D eigenvalue weighted by Crippen LogP contribution is 2.53. The molecular weight excluding hydrogens is 414 g/mol. The van der Waals surface area contributed by atoms with Gasteiger partial charge in [-0.3, -0.25) is 4.98 Å². The van der Waals surface area contributed by atoms with Crippen LogP contribution in [0.25, 0.3) is 27.7 Å². The number of fused-ring (bicyclic) bond motifs is 5. The molecule has 2 atom stereocenters. The lowest BCUT2D eigenvalue weighted by molar-refractivity contribution is 0.403. The lowest BCUT2D eigenvalue weighted by Crippen LogP contribution is -2.32. The number of hydrogen-bond acceptors (Lipinski definition) is 2. The standard InChI is InChI=1S/C31H27N3/c1-2-8-25(9-3-1)33-20-18-23-14-17-29-30(31(23)33)27-10-4-5-11-28(27)34(29)26-15-12-22(13-16-26)24-7-6-19-32-21-24/h1-3,6-9,12-21,27-28H,4-5,10-11H2. The monoisotopic (exact) mass is 441 g/mol. The second kappa shape index (κ2) is 7.88. The summed E-state index contributed by atoms with van der Waals surface area (Å²) in [6.07, 6.45) is 11.1. The van der Waals surface area contributed by atoms with E-state index < -0.39 is 0 Å². The van der Waals surface area contributed by atoms with Crippen molar-refractivity contribution < 1.29 is 0 Å². The van der Waals surface area contributed by atoms with Gasteiger partial charge in [-0.1, -0.05) is 55.3 Å². The maximum Gasteiger partial charge on any atom is 0.0584 e. The first-order valence-electron chi connectivity index (χ1n) is 12.4. The first-order valence-corrected chi connectivity index (χ1v) is 12.4. The van der Waals surface area contributed by atoms with E-state index in [1.807, 2.05) is 18.5 Å². The first-order chi connectivity index (χ1) is 16.9. The van der Waals surface area contributed by atoms with Crippen LogP contribution in [0.3, 0.4) is 0 Å². The number of anilines is 2. The molecule has 0 amide bonds. The van der Waals surface area contributed by atoms with Crippen molar-refractivity contribution in [1.29, 1.82) is 0 Å². The van der Waals surface area contributed by atoms with Crippen LogP contribution >= 0.6 is 0 Å². The van der Waals surface area contributed by atoms with Crippen LogP contribution in [0.2, 0.25) is 0 Å². The van der Waals surface area contributed by atoms with Gasteiger partial charge in [0.05, 0.1) is 5.52 Å². The van der Waals surface area contributed by atoms with E-state index in [-0.39, 0.29) is 0 Å². The molecular formula is C31H27N3. The van der Waals surface area contributed by atoms with E-state index in [1.165, 1.54) is 64.8 Å². The molecule has 2 aromatic heterocycles. The average Bonchev–Trinajstić information content (AvgIpc) is 3.49. The lowest BCUT2D eigenvalue weighted by atomic mass is 9.82. The molecule has 7 rings (SSSR count). The van der Waals surface area contributed by atoms with Crippen LogP contribution in [0.1, 0.15) is 37.2 Å². The minimum Gasteiger partial charge on any atom is -0.337 e. The van der Waals surface area contributed by atoms with E-state index in [9.17, 15) is 0 Å². The maximum atomic E-state index is 4.29. The quantitative estimate of drug-likeness (QED) is 0.284. The Morgan fingerprint density at radius 3 is 2.38 bits per heavy atom. The predicted octanol–water partition coefficient (Wildman–Crippen LogP) is 7.87. The van der Waals surface area contributed by atoms with Gasteiger partial charge in [0.1, 0.15) is 0 Å². The number of rotatable bonds is 3. The van der Waals surface area contributed by atoms with E-state index in [1.54, 1.807) is 0 Å². The smallest absolute Gasteiger partial charge is 0.0584 e. The average molecular weight is 442 g/mol. The summed E-state index contributed by atoms with van der Waals surface area (Å²) in [6.45, 7) is 0. The van der Waals surface area contributed by atoms with Gasteiger partial charge in [0.15, 0.2) is 0 Å². The summed E-state index contributed by atoms with van der Waals surface area (Å²) in [6, 6.07) is 31.4. The fourth-order valence-electron chi connectivity index (χ4n) is 6.24. The van der Waals surface area contributed by atoms with Gasteiger partial charge in [0, 0.05) is 58.6 Å². The molecule has 0 saturated heterocycles. The highest BCUT2D eigenvalue weighted by atomic mass is 15.2. The minimum atomic E-state index is 0.526. The number of para-hydroxylation sites is 1. The highest BCUT2D eigenvalue weighted by Gasteiger charge is 2.42. The van der Waals surface area contributed by atoms with E-state index in [4.69, 9.17) is 0 Å². The molecule has 2 aliphatic rings. The Bertz CT molecular complexity index is 1450. The van der Waals surface area contributed by atoms with Gasteiger partial charge in [0.2, 0.25) is 0 Å². The Kier molecular flexibility index (Phi) is 4.54. The van der Waals surface area contributed by atoms with Crippen LogP contribution in [-0.4, -0.2) is 15.6 Å². The molecule has 0 spiro atoms. The summed E-state index contributed by atoms with van der Waals surface area (Å²) < 4.78 is 2.40. The molecule has 1 aliphatic heterocycles. The molecule has 3 nitrogen and oxygen atoms in total. The Morgan fingerprint density at radius 2 is 1.56 bits per heavy atom. The number of benzene rings is 3. The van der Waals surface area contributed by atoms with Crippen LogP contribution in [0.5, 0.6) is 0 Å². The summed E-state index contributed by atoms with van der Waals surface area (Å²) >= 11 is 0. The number of nitrogens with zero attached hydrogens (tertiary/aromatic N) is 3. The molecule has 1 saturated carbocycles. The van der Waals surface area contributed by atoms with Gasteiger partial charge >= 0.3 is 0 Å². The third kappa shape index (κ3) is 3.00. The minimum absolute atomic E-state index is 0.526. The molecule has 3 heteroatoms. The molecule has 1 aliphatic carbocycles. The fourth-order valence-corrected chi connectivity index (χ4v) is 6.24. The van der Waals surface area contributed by atoms with Crippen molar-refractivity contribution in [2.75, 3.05) is 4.90 Å². The SMILES string of the molecule is c1ccc(-n2ccc3ccc4c(c32)C2CCCCC2N4c2ccc(-c3cccnc3)cc2)cc1. The molecule has 2 unspecified atom stereocenters. The third-order valence-electron chi connectivity index (χ3n) is 7.74. The summed E-state index contributed by atoms with van der Waals surface area (Å²) in [4.78, 5) is 6.92. The second-order valence-corrected chi connectivity index (χ2v) is 9.57. The summed E-state index contributed by atoms with van der Waals surface area (Å²) in [7, 11) is 0. The van der Waals surface area contributed by atoms with E-state index in [2.05, 4.69) is 99.5 Å². The van der Waals surface area contributed by atoms with E-state index in [0.29, 0.717) is 12.0 Å². The van der Waals surface area contributed by atoms with Gasteiger partial charge in [-0.15, -0.1) is 0 Å². The summed E-state index contributed by atoms with van der Waals surface area (Å²) in [5.74, 6) is 0.572. The van der Waals surface area contributed by atoms with Crippen molar-refractivity contribution >= 4 is 22.3 Å². The largest absolute Gasteiger partial charge is 0.337 e. The van der Waals surface area contributed by atoms with Crippen LogP contribution in [-0.2, 0) is 0 Å². The molecule has 166 valence electrons. The zero-order valence-corrected chi connectivity index (χ0v) is 19.1. The van der Waals surface area contributed by atoms with Crippen molar-refractivity contribution in [3.05, 3.63) is 109 Å². The maximum absolute atomic E-state index is 4.29. The number of aromatic nitrogens is 2. The van der Waals surface area contributed by atoms with Gasteiger partial charge in [0.25, 0.3) is 0 Å². The topological polar surface area (TPSA) is 21.1 Å². The van der Waals surface area contributed by atoms with Crippen molar-refractivity contribution in [3.8, 4) is 16.8 Å². The normalized spacial score (nSPS) is 19.2. The van der Waals surface area contributed by atoms with Crippen LogP contribution in [0.4, 0.5) is 11.4 Å². The van der Waals surface area contributed by atoms with Crippen molar-refractivity contribution in [2.45, 2.75) is 37.6 Å². The molecule has 0 radical (unpaired) electrons. The number of hydrogen-bond donors (Lipinski definition) is 0. The molecule has 0 bridgehead atoms. The van der Waals surface area contributed by atoms with Crippen molar-refractivity contribution in [1.82, 2.24) is 9.55 Å². The Labute approximate surface area is 200 Å². The first kappa shape index (κ1) is 19.6. The molecule has 1 fully saturated rings. The van der Waals surface area contributed by atoms with E-state index in [0.717, 1.165) is 5.56 Å². The zero-order valence-electron chi connectivity index (χ0n) is 19.1. The van der Waals surface area contributed by atoms with Crippen LogP contribution in [0.15, 0.2) is 104 Å². The molecule has 5 aromatic rings. The Morgan fingerprint density at radius 1 is 0.706 bits per heavy atom. The van der Waals surface area contributed by atoms with Gasteiger partial charge in [-0.05, 0) is 66.4 Å². The van der Waals surface area contributed by atoms with E-state index >= 15 is 0 Å². The number of pyridine rings is 1.